The van der Waals surface area contributed by atoms with Crippen molar-refractivity contribution in [2.24, 2.45) is 11.8 Å². The molecule has 7 nitrogen and oxygen atoms in total. The molecule has 0 atom stereocenters. The second-order valence-corrected chi connectivity index (χ2v) is 8.68. The summed E-state index contributed by atoms with van der Waals surface area (Å²) in [5.41, 5.74) is 0.138. The Labute approximate surface area is 171 Å². The van der Waals surface area contributed by atoms with E-state index in [-0.39, 0.29) is 22.7 Å². The summed E-state index contributed by atoms with van der Waals surface area (Å²) in [7, 11) is 1.48. The predicted molar refractivity (Wildman–Crippen MR) is 108 cm³/mol. The van der Waals surface area contributed by atoms with E-state index in [0.717, 1.165) is 25.7 Å². The Balaban J connectivity index is 1.70. The van der Waals surface area contributed by atoms with Gasteiger partial charge in [-0.3, -0.25) is 4.79 Å². The second kappa shape index (κ2) is 9.96. The largest absolute Gasteiger partial charge is 0.481 e. The van der Waals surface area contributed by atoms with Crippen LogP contribution in [0.25, 0.3) is 0 Å². The average molecular weight is 412 g/mol. The molecular weight excluding hydrogens is 382 g/mol. The molecule has 1 aliphatic rings. The van der Waals surface area contributed by atoms with Crippen LogP contribution in [-0.2, 0) is 4.74 Å². The van der Waals surface area contributed by atoms with Crippen LogP contribution in [0.2, 0.25) is 5.15 Å². The van der Waals surface area contributed by atoms with E-state index in [2.05, 4.69) is 15.6 Å². The number of carbonyl (C=O) groups excluding carboxylic acids is 2. The molecule has 0 unspecified atom stereocenters. The number of hydrogen-bond acceptors (Lipinski definition) is 5. The van der Waals surface area contributed by atoms with Crippen molar-refractivity contribution in [3.8, 4) is 5.88 Å². The zero-order chi connectivity index (χ0) is 20.7. The Hall–Kier alpha value is -2.02. The molecule has 0 radical (unpaired) electrons. The molecule has 0 aromatic carbocycles. The van der Waals surface area contributed by atoms with Gasteiger partial charge in [0.1, 0.15) is 5.15 Å². The number of methoxy groups -OCH3 is 1. The van der Waals surface area contributed by atoms with E-state index < -0.39 is 0 Å². The fraction of sp³-hybridized carbons (Fsp3) is 0.650. The van der Waals surface area contributed by atoms with Crippen LogP contribution in [0.3, 0.4) is 0 Å². The van der Waals surface area contributed by atoms with Gasteiger partial charge >= 0.3 is 6.09 Å². The van der Waals surface area contributed by atoms with Gasteiger partial charge in [0.2, 0.25) is 5.88 Å². The molecule has 0 aliphatic heterocycles. The predicted octanol–water partition coefficient (Wildman–Crippen LogP) is 3.80. The van der Waals surface area contributed by atoms with Crippen LogP contribution in [0.5, 0.6) is 5.88 Å². The van der Waals surface area contributed by atoms with Crippen molar-refractivity contribution >= 4 is 23.6 Å². The van der Waals surface area contributed by atoms with E-state index >= 15 is 0 Å². The molecule has 1 aliphatic carbocycles. The van der Waals surface area contributed by atoms with E-state index in [1.807, 2.05) is 20.8 Å². The molecule has 2 N–H and O–H groups in total. The minimum absolute atomic E-state index is 0.188. The molecule has 0 spiro atoms. The highest BCUT2D eigenvalue weighted by Gasteiger charge is 2.24. The number of carbonyl (C=O) groups is 2. The highest BCUT2D eigenvalue weighted by molar-refractivity contribution is 6.29. The lowest BCUT2D eigenvalue weighted by Crippen LogP contribution is -2.41. The first-order valence-electron chi connectivity index (χ1n) is 9.61. The van der Waals surface area contributed by atoms with Gasteiger partial charge in [-0.25, -0.2) is 9.78 Å². The molecule has 0 bridgehead atoms. The van der Waals surface area contributed by atoms with Gasteiger partial charge in [-0.1, -0.05) is 11.6 Å². The van der Waals surface area contributed by atoms with Gasteiger partial charge in [-0.15, -0.1) is 0 Å². The maximum atomic E-state index is 12.3. The summed E-state index contributed by atoms with van der Waals surface area (Å²) in [6, 6.07) is 3.09. The smallest absolute Gasteiger partial charge is 0.407 e. The van der Waals surface area contributed by atoms with E-state index in [1.54, 1.807) is 6.07 Å². The number of amides is 2. The SMILES string of the molecule is COc1cc(C(=O)NCC2CCC(COC(=O)NC(C)(C)C)CC2)cc(Cl)n1. The number of rotatable bonds is 6. The van der Waals surface area contributed by atoms with E-state index in [1.165, 1.54) is 13.2 Å². The van der Waals surface area contributed by atoms with Gasteiger partial charge in [-0.2, -0.15) is 0 Å². The number of hydrogen-bond donors (Lipinski definition) is 2. The van der Waals surface area contributed by atoms with Crippen molar-refractivity contribution in [2.45, 2.75) is 52.0 Å². The fourth-order valence-electron chi connectivity index (χ4n) is 3.19. The zero-order valence-electron chi connectivity index (χ0n) is 17.0. The standard InChI is InChI=1S/C20H30ClN3O4/c1-20(2,3)24-19(26)28-12-14-7-5-13(6-8-14)11-22-18(25)15-9-16(21)23-17(10-15)27-4/h9-10,13-14H,5-8,11-12H2,1-4H3,(H,22,25)(H,24,26). The van der Waals surface area contributed by atoms with E-state index in [0.29, 0.717) is 36.4 Å². The summed E-state index contributed by atoms with van der Waals surface area (Å²) < 4.78 is 10.4. The molecule has 2 rings (SSSR count). The maximum Gasteiger partial charge on any atom is 0.407 e. The van der Waals surface area contributed by atoms with Crippen molar-refractivity contribution in [2.75, 3.05) is 20.3 Å². The Morgan fingerprint density at radius 2 is 1.82 bits per heavy atom. The molecule has 1 fully saturated rings. The van der Waals surface area contributed by atoms with Crippen molar-refractivity contribution in [3.63, 3.8) is 0 Å². The van der Waals surface area contributed by atoms with Gasteiger partial charge in [0, 0.05) is 23.7 Å². The second-order valence-electron chi connectivity index (χ2n) is 8.29. The lowest BCUT2D eigenvalue weighted by atomic mass is 9.82. The number of nitrogens with one attached hydrogen (secondary N) is 2. The molecule has 1 aromatic heterocycles. The Morgan fingerprint density at radius 3 is 2.43 bits per heavy atom. The van der Waals surface area contributed by atoms with E-state index in [9.17, 15) is 9.59 Å². The molecule has 1 saturated carbocycles. The lowest BCUT2D eigenvalue weighted by molar-refractivity contribution is 0.0914. The van der Waals surface area contributed by atoms with Crippen LogP contribution in [0.1, 0.15) is 56.8 Å². The van der Waals surface area contributed by atoms with Gasteiger partial charge in [0.15, 0.2) is 0 Å². The van der Waals surface area contributed by atoms with Crippen LogP contribution < -0.4 is 15.4 Å². The summed E-state index contributed by atoms with van der Waals surface area (Å²) >= 11 is 5.91. The number of nitrogens with zero attached hydrogens (tertiary/aromatic N) is 1. The first-order valence-corrected chi connectivity index (χ1v) is 9.99. The molecule has 8 heteroatoms. The van der Waals surface area contributed by atoms with Gasteiger partial charge in [0.05, 0.1) is 13.7 Å². The third-order valence-electron chi connectivity index (χ3n) is 4.69. The maximum absolute atomic E-state index is 12.3. The highest BCUT2D eigenvalue weighted by atomic mass is 35.5. The number of ether oxygens (including phenoxy) is 2. The van der Waals surface area contributed by atoms with Crippen LogP contribution in [0.4, 0.5) is 4.79 Å². The topological polar surface area (TPSA) is 89.5 Å². The van der Waals surface area contributed by atoms with Crippen LogP contribution in [0, 0.1) is 11.8 Å². The quantitative estimate of drug-likeness (QED) is 0.695. The van der Waals surface area contributed by atoms with Gasteiger partial charge in [-0.05, 0) is 64.4 Å². The summed E-state index contributed by atoms with van der Waals surface area (Å²) in [4.78, 5) is 28.1. The zero-order valence-corrected chi connectivity index (χ0v) is 17.8. The number of aromatic nitrogens is 1. The molecule has 2 amide bonds. The molecule has 1 aromatic rings. The van der Waals surface area contributed by atoms with Gasteiger partial charge in [0.25, 0.3) is 5.91 Å². The summed E-state index contributed by atoms with van der Waals surface area (Å²) in [5.74, 6) is 0.921. The normalized spacial score (nSPS) is 19.6. The fourth-order valence-corrected chi connectivity index (χ4v) is 3.39. The van der Waals surface area contributed by atoms with E-state index in [4.69, 9.17) is 21.1 Å². The number of alkyl carbamates (subject to hydrolysis) is 1. The number of halogens is 1. The van der Waals surface area contributed by atoms with Crippen molar-refractivity contribution in [1.29, 1.82) is 0 Å². The summed E-state index contributed by atoms with van der Waals surface area (Å²) in [6.45, 7) is 6.81. The van der Waals surface area contributed by atoms with Crippen LogP contribution in [-0.4, -0.2) is 42.8 Å². The van der Waals surface area contributed by atoms with Crippen LogP contribution in [0.15, 0.2) is 12.1 Å². The Kier molecular flexibility index (Phi) is 7.92. The molecule has 156 valence electrons. The third-order valence-corrected chi connectivity index (χ3v) is 4.88. The van der Waals surface area contributed by atoms with Crippen molar-refractivity contribution in [1.82, 2.24) is 15.6 Å². The number of pyridine rings is 1. The van der Waals surface area contributed by atoms with Crippen molar-refractivity contribution in [3.05, 3.63) is 22.8 Å². The van der Waals surface area contributed by atoms with Crippen LogP contribution >= 0.6 is 11.6 Å². The molecule has 0 saturated heterocycles. The van der Waals surface area contributed by atoms with Gasteiger partial charge < -0.3 is 20.1 Å². The Bertz CT molecular complexity index is 683. The first-order chi connectivity index (χ1) is 13.2. The lowest BCUT2D eigenvalue weighted by Gasteiger charge is -2.29. The highest BCUT2D eigenvalue weighted by Crippen LogP contribution is 2.28. The monoisotopic (exact) mass is 411 g/mol. The molecule has 28 heavy (non-hydrogen) atoms. The van der Waals surface area contributed by atoms with Crippen molar-refractivity contribution < 1.29 is 19.1 Å². The molecular formula is C20H30ClN3O4. The average Bonchev–Trinajstić information content (AvgIpc) is 2.63. The molecule has 1 heterocycles. The summed E-state index contributed by atoms with van der Waals surface area (Å²) in [6.07, 6.45) is 3.59. The Morgan fingerprint density at radius 1 is 1.18 bits per heavy atom. The third kappa shape index (κ3) is 7.54. The summed E-state index contributed by atoms with van der Waals surface area (Å²) in [5, 5.41) is 5.98. The first kappa shape index (κ1) is 22.3. The minimum Gasteiger partial charge on any atom is -0.481 e. The minimum atomic E-state index is -0.367.